The number of ether oxygens (including phenoxy) is 1. The molecule has 0 radical (unpaired) electrons. The third kappa shape index (κ3) is 2.52. The minimum Gasteiger partial charge on any atom is -0.372 e. The lowest BCUT2D eigenvalue weighted by atomic mass is 10.2. The molecule has 2 rings (SSSR count). The first kappa shape index (κ1) is 11.8. The fraction of sp³-hybridized carbons (Fsp3) is 0.545. The maximum atomic E-state index is 10.9. The Morgan fingerprint density at radius 3 is 2.71 bits per heavy atom. The first-order valence-electron chi connectivity index (χ1n) is 5.57. The molecule has 1 aromatic heterocycles. The Kier molecular flexibility index (Phi) is 3.23. The van der Waals surface area contributed by atoms with E-state index in [4.69, 9.17) is 4.74 Å². The van der Waals surface area contributed by atoms with Crippen molar-refractivity contribution in [2.45, 2.75) is 26.1 Å². The Bertz CT molecular complexity index is 414. The summed E-state index contributed by atoms with van der Waals surface area (Å²) >= 11 is 0. The van der Waals surface area contributed by atoms with Gasteiger partial charge in [-0.2, -0.15) is 0 Å². The van der Waals surface area contributed by atoms with E-state index in [9.17, 15) is 10.1 Å². The molecule has 0 bridgehead atoms. The predicted molar refractivity (Wildman–Crippen MR) is 63.1 cm³/mol. The van der Waals surface area contributed by atoms with Gasteiger partial charge in [-0.1, -0.05) is 0 Å². The van der Waals surface area contributed by atoms with Gasteiger partial charge in [0.05, 0.1) is 17.1 Å². The van der Waals surface area contributed by atoms with Crippen LogP contribution in [0.5, 0.6) is 0 Å². The van der Waals surface area contributed by atoms with Crippen LogP contribution in [0.1, 0.15) is 13.8 Å². The average Bonchev–Trinajstić information content (AvgIpc) is 2.27. The van der Waals surface area contributed by atoms with Crippen LogP contribution >= 0.6 is 0 Å². The van der Waals surface area contributed by atoms with E-state index in [-0.39, 0.29) is 17.9 Å². The Morgan fingerprint density at radius 1 is 1.47 bits per heavy atom. The van der Waals surface area contributed by atoms with Crippen LogP contribution < -0.4 is 4.90 Å². The second-order valence-electron chi connectivity index (χ2n) is 4.27. The summed E-state index contributed by atoms with van der Waals surface area (Å²) in [5, 5.41) is 10.9. The van der Waals surface area contributed by atoms with Gasteiger partial charge in [0.25, 0.3) is 0 Å². The van der Waals surface area contributed by atoms with Gasteiger partial charge >= 0.3 is 5.69 Å². The van der Waals surface area contributed by atoms with Gasteiger partial charge in [0.15, 0.2) is 0 Å². The van der Waals surface area contributed by atoms with Crippen molar-refractivity contribution in [3.8, 4) is 0 Å². The van der Waals surface area contributed by atoms with Crippen LogP contribution in [0.15, 0.2) is 18.3 Å². The summed E-state index contributed by atoms with van der Waals surface area (Å²) in [6, 6.07) is 3.06. The van der Waals surface area contributed by atoms with Crippen molar-refractivity contribution in [2.24, 2.45) is 0 Å². The zero-order chi connectivity index (χ0) is 12.4. The van der Waals surface area contributed by atoms with Crippen molar-refractivity contribution >= 4 is 11.5 Å². The Hall–Kier alpha value is -1.69. The standard InChI is InChI=1S/C11H15N3O3/c1-8-6-13(7-9(2)17-8)11-10(14(15)16)4-3-5-12-11/h3-5,8-9H,6-7H2,1-2H3. The summed E-state index contributed by atoms with van der Waals surface area (Å²) in [5.41, 5.74) is 0.0498. The van der Waals surface area contributed by atoms with Crippen molar-refractivity contribution < 1.29 is 9.66 Å². The molecule has 92 valence electrons. The van der Waals surface area contributed by atoms with Crippen LogP contribution in [0.3, 0.4) is 0 Å². The number of pyridine rings is 1. The Morgan fingerprint density at radius 2 is 2.12 bits per heavy atom. The Labute approximate surface area is 99.4 Å². The molecule has 6 heteroatoms. The third-order valence-corrected chi connectivity index (χ3v) is 2.68. The molecule has 1 aliphatic rings. The zero-order valence-corrected chi connectivity index (χ0v) is 9.87. The predicted octanol–water partition coefficient (Wildman–Crippen LogP) is 1.60. The smallest absolute Gasteiger partial charge is 0.311 e. The molecule has 0 aromatic carbocycles. The number of nitro groups is 1. The Balaban J connectivity index is 2.30. The maximum absolute atomic E-state index is 10.9. The summed E-state index contributed by atoms with van der Waals surface area (Å²) in [7, 11) is 0. The lowest BCUT2D eigenvalue weighted by Crippen LogP contribution is -2.46. The SMILES string of the molecule is CC1CN(c2ncccc2[N+](=O)[O-])CC(C)O1. The van der Waals surface area contributed by atoms with E-state index < -0.39 is 4.92 Å². The second-order valence-corrected chi connectivity index (χ2v) is 4.27. The highest BCUT2D eigenvalue weighted by Gasteiger charge is 2.27. The number of rotatable bonds is 2. The van der Waals surface area contributed by atoms with E-state index in [0.717, 1.165) is 0 Å². The number of hydrogen-bond acceptors (Lipinski definition) is 5. The highest BCUT2D eigenvalue weighted by molar-refractivity contribution is 5.57. The molecule has 0 saturated carbocycles. The third-order valence-electron chi connectivity index (χ3n) is 2.68. The van der Waals surface area contributed by atoms with Gasteiger partial charge in [-0.3, -0.25) is 10.1 Å². The first-order valence-corrected chi connectivity index (χ1v) is 5.57. The molecule has 6 nitrogen and oxygen atoms in total. The second kappa shape index (κ2) is 4.67. The van der Waals surface area contributed by atoms with E-state index in [1.165, 1.54) is 6.07 Å². The summed E-state index contributed by atoms with van der Waals surface area (Å²) < 4.78 is 5.60. The fourth-order valence-corrected chi connectivity index (χ4v) is 2.13. The molecule has 0 amide bonds. The lowest BCUT2D eigenvalue weighted by Gasteiger charge is -2.35. The van der Waals surface area contributed by atoms with Gasteiger partial charge in [0, 0.05) is 25.4 Å². The lowest BCUT2D eigenvalue weighted by molar-refractivity contribution is -0.384. The number of anilines is 1. The molecule has 17 heavy (non-hydrogen) atoms. The molecule has 1 fully saturated rings. The summed E-state index contributed by atoms with van der Waals surface area (Å²) in [6.07, 6.45) is 1.69. The van der Waals surface area contributed by atoms with Crippen molar-refractivity contribution in [1.82, 2.24) is 4.98 Å². The van der Waals surface area contributed by atoms with E-state index in [2.05, 4.69) is 4.98 Å². The maximum Gasteiger partial charge on any atom is 0.311 e. The molecular formula is C11H15N3O3. The molecule has 1 saturated heterocycles. The van der Waals surface area contributed by atoms with Crippen molar-refractivity contribution in [1.29, 1.82) is 0 Å². The van der Waals surface area contributed by atoms with E-state index in [1.54, 1.807) is 12.3 Å². The van der Waals surface area contributed by atoms with Crippen LogP contribution in [0.25, 0.3) is 0 Å². The molecular weight excluding hydrogens is 222 g/mol. The number of nitrogens with zero attached hydrogens (tertiary/aromatic N) is 3. The highest BCUT2D eigenvalue weighted by atomic mass is 16.6. The van der Waals surface area contributed by atoms with Crippen molar-refractivity contribution in [3.05, 3.63) is 28.4 Å². The minimum atomic E-state index is -0.396. The summed E-state index contributed by atoms with van der Waals surface area (Å²) in [5.74, 6) is 0.430. The highest BCUT2D eigenvalue weighted by Crippen LogP contribution is 2.27. The van der Waals surface area contributed by atoms with Gasteiger partial charge in [-0.25, -0.2) is 4.98 Å². The monoisotopic (exact) mass is 237 g/mol. The first-order chi connectivity index (χ1) is 8.08. The number of aromatic nitrogens is 1. The number of morpholine rings is 1. The zero-order valence-electron chi connectivity index (χ0n) is 9.87. The topological polar surface area (TPSA) is 68.5 Å². The van der Waals surface area contributed by atoms with Crippen LogP contribution in [0.4, 0.5) is 11.5 Å². The minimum absolute atomic E-state index is 0.0498. The van der Waals surface area contributed by atoms with Crippen LogP contribution in [-0.2, 0) is 4.74 Å². The van der Waals surface area contributed by atoms with Gasteiger partial charge < -0.3 is 9.64 Å². The summed E-state index contributed by atoms with van der Waals surface area (Å²) in [4.78, 5) is 16.6. The molecule has 2 unspecified atom stereocenters. The number of hydrogen-bond donors (Lipinski definition) is 0. The van der Waals surface area contributed by atoms with Crippen LogP contribution in [0, 0.1) is 10.1 Å². The molecule has 0 N–H and O–H groups in total. The molecule has 1 aliphatic heterocycles. The van der Waals surface area contributed by atoms with Crippen LogP contribution in [0.2, 0.25) is 0 Å². The largest absolute Gasteiger partial charge is 0.372 e. The van der Waals surface area contributed by atoms with E-state index in [1.807, 2.05) is 18.7 Å². The van der Waals surface area contributed by atoms with Gasteiger partial charge in [0.1, 0.15) is 0 Å². The fourth-order valence-electron chi connectivity index (χ4n) is 2.13. The van der Waals surface area contributed by atoms with E-state index >= 15 is 0 Å². The molecule has 0 spiro atoms. The average molecular weight is 237 g/mol. The molecule has 1 aromatic rings. The van der Waals surface area contributed by atoms with E-state index in [0.29, 0.717) is 18.9 Å². The summed E-state index contributed by atoms with van der Waals surface area (Å²) in [6.45, 7) is 5.17. The molecule has 2 atom stereocenters. The van der Waals surface area contributed by atoms with Crippen molar-refractivity contribution in [3.63, 3.8) is 0 Å². The molecule has 0 aliphatic carbocycles. The molecule has 2 heterocycles. The quantitative estimate of drug-likeness (QED) is 0.577. The van der Waals surface area contributed by atoms with Crippen molar-refractivity contribution in [2.75, 3.05) is 18.0 Å². The van der Waals surface area contributed by atoms with Gasteiger partial charge in [-0.15, -0.1) is 0 Å². The normalized spacial score (nSPS) is 24.7. The van der Waals surface area contributed by atoms with Gasteiger partial charge in [-0.05, 0) is 19.9 Å². The van der Waals surface area contributed by atoms with Gasteiger partial charge in [0.2, 0.25) is 5.82 Å². The van der Waals surface area contributed by atoms with Crippen LogP contribution in [-0.4, -0.2) is 35.2 Å².